The first kappa shape index (κ1) is 19.9. The second-order valence-electron chi connectivity index (χ2n) is 6.11. The number of benzene rings is 3. The van der Waals surface area contributed by atoms with Crippen LogP contribution in [0, 0.1) is 10.7 Å². The van der Waals surface area contributed by atoms with E-state index in [1.54, 1.807) is 0 Å². The van der Waals surface area contributed by atoms with E-state index >= 15 is 0 Å². The Morgan fingerprint density at radius 1 is 0.786 bits per heavy atom. The van der Waals surface area contributed by atoms with Gasteiger partial charge in [-0.2, -0.15) is 5.26 Å². The Kier molecular flexibility index (Phi) is 6.66. The summed E-state index contributed by atoms with van der Waals surface area (Å²) in [5.41, 5.74) is 0. The maximum absolute atomic E-state index is 9.08. The maximum atomic E-state index is 9.08. The lowest BCUT2D eigenvalue weighted by Gasteiger charge is -2.28. The summed E-state index contributed by atoms with van der Waals surface area (Å²) < 4.78 is 0. The molecular weight excluding hydrogens is 377 g/mol. The molecule has 0 radical (unpaired) electrons. The highest BCUT2D eigenvalue weighted by molar-refractivity contribution is 8.07. The molecule has 0 saturated heterocycles. The van der Waals surface area contributed by atoms with Crippen molar-refractivity contribution in [1.82, 2.24) is 0 Å². The fraction of sp³-hybridized carbons (Fsp3) is 0. The zero-order valence-electron chi connectivity index (χ0n) is 15.5. The Labute approximate surface area is 172 Å². The minimum Gasteiger partial charge on any atom is -0.185 e. The number of nitriles is 1. The summed E-state index contributed by atoms with van der Waals surface area (Å²) in [7, 11) is -2.18. The molecule has 0 saturated carbocycles. The minimum atomic E-state index is -2.18. The molecule has 3 heteroatoms. The molecule has 3 aromatic carbocycles. The van der Waals surface area contributed by atoms with E-state index < -0.39 is 7.26 Å². The lowest BCUT2D eigenvalue weighted by molar-refractivity contribution is 1.57. The van der Waals surface area contributed by atoms with Gasteiger partial charge in [-0.3, -0.25) is 0 Å². The zero-order chi connectivity index (χ0) is 19.8. The van der Waals surface area contributed by atoms with Gasteiger partial charge in [0.15, 0.2) is 0 Å². The average Bonchev–Trinajstić information content (AvgIpc) is 2.76. The van der Waals surface area contributed by atoms with Crippen LogP contribution in [0.15, 0.2) is 127 Å². The molecular formula is C25H21NPS+. The molecule has 0 aromatic heterocycles. The Hall–Kier alpha value is -2.85. The molecule has 136 valence electrons. The monoisotopic (exact) mass is 398 g/mol. The van der Waals surface area contributed by atoms with Crippen molar-refractivity contribution < 1.29 is 0 Å². The first-order valence-electron chi connectivity index (χ1n) is 8.89. The molecule has 0 aliphatic heterocycles. The quantitative estimate of drug-likeness (QED) is 0.286. The van der Waals surface area contributed by atoms with E-state index in [1.165, 1.54) is 15.9 Å². The van der Waals surface area contributed by atoms with Crippen molar-refractivity contribution in [2.45, 2.75) is 0 Å². The number of thiocyanates is 1. The van der Waals surface area contributed by atoms with Crippen LogP contribution in [0.25, 0.3) is 0 Å². The minimum absolute atomic E-state index is 0.713. The first-order valence-corrected chi connectivity index (χ1v) is 11.5. The predicted molar refractivity (Wildman–Crippen MR) is 126 cm³/mol. The third kappa shape index (κ3) is 3.87. The van der Waals surface area contributed by atoms with E-state index in [2.05, 4.69) is 91.4 Å². The molecule has 0 heterocycles. The molecule has 0 fully saturated rings. The van der Waals surface area contributed by atoms with Crippen molar-refractivity contribution in [3.8, 4) is 5.40 Å². The number of thioether (sulfide) groups is 1. The summed E-state index contributed by atoms with van der Waals surface area (Å²) >= 11 is 1.08. The van der Waals surface area contributed by atoms with Crippen LogP contribution in [0.3, 0.4) is 0 Å². The second kappa shape index (κ2) is 9.38. The summed E-state index contributed by atoms with van der Waals surface area (Å²) in [6, 6.07) is 31.7. The van der Waals surface area contributed by atoms with Gasteiger partial charge in [0.2, 0.25) is 0 Å². The molecule has 0 N–H and O–H groups in total. The van der Waals surface area contributed by atoms with E-state index in [-0.39, 0.29) is 0 Å². The molecule has 1 nitrogen and oxygen atoms in total. The van der Waals surface area contributed by atoms with Gasteiger partial charge in [0, 0.05) is 4.91 Å². The number of hydrogen-bond donors (Lipinski definition) is 0. The van der Waals surface area contributed by atoms with Crippen molar-refractivity contribution in [1.29, 1.82) is 5.26 Å². The molecule has 0 spiro atoms. The zero-order valence-corrected chi connectivity index (χ0v) is 17.2. The lowest BCUT2D eigenvalue weighted by atomic mass is 10.3. The Morgan fingerprint density at radius 3 is 1.50 bits per heavy atom. The summed E-state index contributed by atoms with van der Waals surface area (Å²) in [6.07, 6.45) is 3.94. The molecule has 0 amide bonds. The first-order chi connectivity index (χ1) is 13.7. The van der Waals surface area contributed by atoms with Gasteiger partial charge in [-0.05, 0) is 60.3 Å². The Bertz CT molecular complexity index is 922. The molecule has 0 aliphatic rings. The van der Waals surface area contributed by atoms with E-state index in [4.69, 9.17) is 5.26 Å². The molecule has 0 bridgehead atoms. The summed E-state index contributed by atoms with van der Waals surface area (Å²) in [5, 5.41) is 16.0. The van der Waals surface area contributed by atoms with Crippen LogP contribution in [0.4, 0.5) is 0 Å². The van der Waals surface area contributed by atoms with Crippen LogP contribution < -0.4 is 15.9 Å². The summed E-state index contributed by atoms with van der Waals surface area (Å²) in [6.45, 7) is 8.20. The number of nitrogens with zero attached hydrogens (tertiary/aromatic N) is 1. The van der Waals surface area contributed by atoms with Crippen LogP contribution in [0.2, 0.25) is 0 Å². The maximum Gasteiger partial charge on any atom is 0.144 e. The highest BCUT2D eigenvalue weighted by atomic mass is 32.2. The third-order valence-electron chi connectivity index (χ3n) is 4.51. The smallest absolute Gasteiger partial charge is 0.144 e. The van der Waals surface area contributed by atoms with Crippen molar-refractivity contribution in [2.24, 2.45) is 0 Å². The van der Waals surface area contributed by atoms with E-state index in [9.17, 15) is 0 Å². The van der Waals surface area contributed by atoms with E-state index in [0.717, 1.165) is 17.1 Å². The fourth-order valence-corrected chi connectivity index (χ4v) is 8.06. The SMILES string of the molecule is C=C/C(=C\C(=C)SC#N)[P+](c1ccccc1)(c1ccccc1)c1ccccc1. The van der Waals surface area contributed by atoms with E-state index in [1.807, 2.05) is 30.4 Å². The number of rotatable bonds is 7. The summed E-state index contributed by atoms with van der Waals surface area (Å²) in [5.74, 6) is 0. The fourth-order valence-electron chi connectivity index (χ4n) is 3.39. The van der Waals surface area contributed by atoms with Crippen LogP contribution in [-0.4, -0.2) is 0 Å². The van der Waals surface area contributed by atoms with E-state index in [0.29, 0.717) is 4.91 Å². The van der Waals surface area contributed by atoms with Crippen LogP contribution in [0.1, 0.15) is 0 Å². The number of allylic oxidation sites excluding steroid dienone is 3. The molecule has 0 atom stereocenters. The highest BCUT2D eigenvalue weighted by Crippen LogP contribution is 2.63. The predicted octanol–water partition coefficient (Wildman–Crippen LogP) is 5.78. The van der Waals surface area contributed by atoms with Gasteiger partial charge in [0.25, 0.3) is 0 Å². The van der Waals surface area contributed by atoms with Gasteiger partial charge in [-0.15, -0.1) is 0 Å². The van der Waals surface area contributed by atoms with Gasteiger partial charge in [0.05, 0.1) is 0 Å². The molecule has 3 aromatic rings. The van der Waals surface area contributed by atoms with Crippen LogP contribution >= 0.6 is 19.0 Å². The van der Waals surface area contributed by atoms with Crippen LogP contribution in [0.5, 0.6) is 0 Å². The van der Waals surface area contributed by atoms with Crippen molar-refractivity contribution in [3.05, 3.63) is 127 Å². The normalized spacial score (nSPS) is 11.5. The van der Waals surface area contributed by atoms with Gasteiger partial charge in [0.1, 0.15) is 33.9 Å². The topological polar surface area (TPSA) is 23.8 Å². The largest absolute Gasteiger partial charge is 0.185 e. The third-order valence-corrected chi connectivity index (χ3v) is 9.29. The summed E-state index contributed by atoms with van der Waals surface area (Å²) in [4.78, 5) is 0.713. The van der Waals surface area contributed by atoms with Crippen LogP contribution in [-0.2, 0) is 0 Å². The Balaban J connectivity index is 2.42. The second-order valence-corrected chi connectivity index (χ2v) is 10.4. The van der Waals surface area contributed by atoms with Crippen molar-refractivity contribution in [3.63, 3.8) is 0 Å². The lowest BCUT2D eigenvalue weighted by Crippen LogP contribution is -2.32. The van der Waals surface area contributed by atoms with Gasteiger partial charge in [-0.25, -0.2) is 0 Å². The molecule has 3 rings (SSSR count). The standard InChI is InChI=1S/C25H21NPS/c1-3-22(19-21(2)28-20-26)27(23-13-7-4-8-14-23,24-15-9-5-10-16-24)25-17-11-6-12-18-25/h3-19H,1-2H2/q+1/b22-19+. The Morgan fingerprint density at radius 2 is 1.18 bits per heavy atom. The van der Waals surface area contributed by atoms with Crippen molar-refractivity contribution in [2.75, 3.05) is 0 Å². The molecule has 0 unspecified atom stereocenters. The highest BCUT2D eigenvalue weighted by Gasteiger charge is 2.48. The average molecular weight is 398 g/mol. The molecule has 0 aliphatic carbocycles. The van der Waals surface area contributed by atoms with Gasteiger partial charge < -0.3 is 0 Å². The van der Waals surface area contributed by atoms with Gasteiger partial charge in [-0.1, -0.05) is 67.8 Å². The van der Waals surface area contributed by atoms with Crippen molar-refractivity contribution >= 4 is 34.9 Å². The molecule has 28 heavy (non-hydrogen) atoms. The number of hydrogen-bond acceptors (Lipinski definition) is 2. The van der Waals surface area contributed by atoms with Gasteiger partial charge >= 0.3 is 0 Å².